The molecule has 1 aliphatic rings. The lowest BCUT2D eigenvalue weighted by atomic mass is 9.93. The third-order valence-corrected chi connectivity index (χ3v) is 1.57. The Kier molecular flexibility index (Phi) is 1.31. The molecule has 0 atom stereocenters. The van der Waals surface area contributed by atoms with Crippen molar-refractivity contribution in [3.63, 3.8) is 0 Å². The van der Waals surface area contributed by atoms with Gasteiger partial charge < -0.3 is 0 Å². The lowest BCUT2D eigenvalue weighted by Crippen LogP contribution is -2.11. The first kappa shape index (κ1) is 6.09. The van der Waals surface area contributed by atoms with Crippen LogP contribution in [0.25, 0.3) is 0 Å². The van der Waals surface area contributed by atoms with Gasteiger partial charge in [0.05, 0.1) is 6.54 Å². The fourth-order valence-corrected chi connectivity index (χ4v) is 1.08. The molecule has 0 aromatic heterocycles. The van der Waals surface area contributed by atoms with Crippen LogP contribution >= 0.6 is 0 Å². The highest BCUT2D eigenvalue weighted by Crippen LogP contribution is 2.31. The highest BCUT2D eigenvalue weighted by Gasteiger charge is 2.27. The molecule has 1 fully saturated rings. The minimum absolute atomic E-state index is 0.342. The quantitative estimate of drug-likeness (QED) is 0.456. The summed E-state index contributed by atoms with van der Waals surface area (Å²) in [7, 11) is 2.08. The van der Waals surface area contributed by atoms with Crippen LogP contribution in [0.3, 0.4) is 0 Å². The first-order valence-corrected chi connectivity index (χ1v) is 3.09. The Hall–Kier alpha value is -0.0400. The summed E-state index contributed by atoms with van der Waals surface area (Å²) in [5, 5.41) is 0. The summed E-state index contributed by atoms with van der Waals surface area (Å²) in [4.78, 5) is 2.14. The lowest BCUT2D eigenvalue weighted by molar-refractivity contribution is 0.421. The van der Waals surface area contributed by atoms with Crippen LogP contribution in [-0.4, -0.2) is 18.5 Å². The molecule has 0 aromatic carbocycles. The van der Waals surface area contributed by atoms with Crippen molar-refractivity contribution in [2.75, 3.05) is 13.6 Å². The van der Waals surface area contributed by atoms with E-state index in [1.165, 1.54) is 13.0 Å². The van der Waals surface area contributed by atoms with Crippen molar-refractivity contribution in [1.29, 1.82) is 0 Å². The largest absolute Gasteiger partial charge is 0.297 e. The van der Waals surface area contributed by atoms with Gasteiger partial charge in [-0.3, -0.25) is 4.90 Å². The molecule has 0 saturated carbocycles. The number of nitrogens with zero attached hydrogens (tertiary/aromatic N) is 1. The lowest BCUT2D eigenvalue weighted by Gasteiger charge is -2.13. The molecule has 1 heterocycles. The smallest absolute Gasteiger partial charge is 0.0676 e. The SMILES string of the molecule is CN1[C]C(C)(C)CC1. The number of likely N-dealkylation sites (tertiary alicyclic amines) is 1. The number of hydrogen-bond acceptors (Lipinski definition) is 1. The summed E-state index contributed by atoms with van der Waals surface area (Å²) in [6.07, 6.45) is 1.25. The van der Waals surface area contributed by atoms with Gasteiger partial charge in [0.25, 0.3) is 0 Å². The molecule has 1 heteroatoms. The highest BCUT2D eigenvalue weighted by atomic mass is 15.1. The number of rotatable bonds is 0. The Labute approximate surface area is 51.7 Å². The van der Waals surface area contributed by atoms with Crippen LogP contribution in [0, 0.1) is 12.0 Å². The van der Waals surface area contributed by atoms with Crippen LogP contribution in [0.5, 0.6) is 0 Å². The van der Waals surface area contributed by atoms with Gasteiger partial charge in [0.2, 0.25) is 0 Å². The average molecular weight is 111 g/mol. The van der Waals surface area contributed by atoms with Crippen LogP contribution < -0.4 is 0 Å². The summed E-state index contributed by atoms with van der Waals surface area (Å²) in [5.74, 6) is 0. The van der Waals surface area contributed by atoms with E-state index < -0.39 is 0 Å². The normalized spacial score (nSPS) is 28.9. The Bertz CT molecular complexity index is 86.4. The molecular weight excluding hydrogens is 98.1 g/mol. The minimum Gasteiger partial charge on any atom is -0.297 e. The molecule has 8 heavy (non-hydrogen) atoms. The van der Waals surface area contributed by atoms with Gasteiger partial charge in [0.15, 0.2) is 0 Å². The third-order valence-electron chi connectivity index (χ3n) is 1.57. The molecule has 46 valence electrons. The topological polar surface area (TPSA) is 3.24 Å². The predicted octanol–water partition coefficient (Wildman–Crippen LogP) is 1.39. The molecule has 2 radical (unpaired) electrons. The third kappa shape index (κ3) is 1.22. The van der Waals surface area contributed by atoms with E-state index in [1.54, 1.807) is 0 Å². The zero-order chi connectivity index (χ0) is 6.20. The molecule has 0 bridgehead atoms. The molecule has 1 nitrogen and oxygen atoms in total. The van der Waals surface area contributed by atoms with Crippen molar-refractivity contribution >= 4 is 0 Å². The zero-order valence-electron chi connectivity index (χ0n) is 5.86. The van der Waals surface area contributed by atoms with Gasteiger partial charge in [0, 0.05) is 0 Å². The molecule has 1 saturated heterocycles. The van der Waals surface area contributed by atoms with Crippen molar-refractivity contribution in [2.45, 2.75) is 20.3 Å². The van der Waals surface area contributed by atoms with E-state index >= 15 is 0 Å². The molecule has 1 aliphatic heterocycles. The van der Waals surface area contributed by atoms with E-state index in [1.807, 2.05) is 0 Å². The summed E-state index contributed by atoms with van der Waals surface area (Å²) in [5.41, 5.74) is 0.342. The zero-order valence-corrected chi connectivity index (χ0v) is 5.86. The van der Waals surface area contributed by atoms with Crippen molar-refractivity contribution in [3.8, 4) is 0 Å². The van der Waals surface area contributed by atoms with Gasteiger partial charge in [-0.1, -0.05) is 13.8 Å². The van der Waals surface area contributed by atoms with E-state index in [4.69, 9.17) is 0 Å². The predicted molar refractivity (Wildman–Crippen MR) is 34.3 cm³/mol. The van der Waals surface area contributed by atoms with E-state index in [2.05, 4.69) is 32.3 Å². The minimum atomic E-state index is 0.342. The van der Waals surface area contributed by atoms with Crippen molar-refractivity contribution in [2.24, 2.45) is 5.41 Å². The maximum Gasteiger partial charge on any atom is 0.0676 e. The van der Waals surface area contributed by atoms with Gasteiger partial charge in [-0.15, -0.1) is 0 Å². The van der Waals surface area contributed by atoms with Gasteiger partial charge >= 0.3 is 0 Å². The molecular formula is C7H13N. The fraction of sp³-hybridized carbons (Fsp3) is 0.857. The van der Waals surface area contributed by atoms with Gasteiger partial charge in [-0.2, -0.15) is 0 Å². The average Bonchev–Trinajstić information content (AvgIpc) is 1.82. The maximum absolute atomic E-state index is 3.33. The van der Waals surface area contributed by atoms with Crippen LogP contribution in [0.15, 0.2) is 0 Å². The van der Waals surface area contributed by atoms with Gasteiger partial charge in [-0.05, 0) is 25.4 Å². The van der Waals surface area contributed by atoms with Crippen LogP contribution in [0.4, 0.5) is 0 Å². The van der Waals surface area contributed by atoms with Crippen molar-refractivity contribution in [1.82, 2.24) is 4.90 Å². The van der Waals surface area contributed by atoms with E-state index in [0.29, 0.717) is 5.41 Å². The van der Waals surface area contributed by atoms with Crippen LogP contribution in [0.1, 0.15) is 20.3 Å². The Morgan fingerprint density at radius 3 is 2.25 bits per heavy atom. The van der Waals surface area contributed by atoms with E-state index in [0.717, 1.165) is 0 Å². The first-order valence-electron chi connectivity index (χ1n) is 3.09. The summed E-state index contributed by atoms with van der Waals surface area (Å²) < 4.78 is 0. The van der Waals surface area contributed by atoms with Crippen LogP contribution in [-0.2, 0) is 0 Å². The summed E-state index contributed by atoms with van der Waals surface area (Å²) in [6.45, 7) is 8.94. The van der Waals surface area contributed by atoms with Crippen LogP contribution in [0.2, 0.25) is 0 Å². The summed E-state index contributed by atoms with van der Waals surface area (Å²) in [6, 6.07) is 0. The van der Waals surface area contributed by atoms with Gasteiger partial charge in [0.1, 0.15) is 0 Å². The second-order valence-corrected chi connectivity index (χ2v) is 3.17. The van der Waals surface area contributed by atoms with E-state index in [9.17, 15) is 0 Å². The fourth-order valence-electron chi connectivity index (χ4n) is 1.08. The molecule has 1 rings (SSSR count). The van der Waals surface area contributed by atoms with Crippen molar-refractivity contribution in [3.05, 3.63) is 6.54 Å². The molecule has 0 spiro atoms. The maximum atomic E-state index is 3.33. The second-order valence-electron chi connectivity index (χ2n) is 3.17. The standard InChI is InChI=1S/C7H13N/c1-7(2)4-5-8(3)6-7/h4-5H2,1-3H3. The first-order chi connectivity index (χ1) is 3.60. The summed E-state index contributed by atoms with van der Waals surface area (Å²) >= 11 is 0. The molecule has 0 N–H and O–H groups in total. The Morgan fingerprint density at radius 1 is 1.50 bits per heavy atom. The van der Waals surface area contributed by atoms with E-state index in [-0.39, 0.29) is 0 Å². The Balaban J connectivity index is 2.44. The molecule has 0 amide bonds. The monoisotopic (exact) mass is 111 g/mol. The Morgan fingerprint density at radius 2 is 2.12 bits per heavy atom. The number of hydrogen-bond donors (Lipinski definition) is 0. The second kappa shape index (κ2) is 1.73. The molecule has 0 aromatic rings. The molecule has 0 unspecified atom stereocenters. The molecule has 0 aliphatic carbocycles. The highest BCUT2D eigenvalue weighted by molar-refractivity contribution is 4.90. The van der Waals surface area contributed by atoms with Gasteiger partial charge in [-0.25, -0.2) is 0 Å². The van der Waals surface area contributed by atoms with Crippen molar-refractivity contribution < 1.29 is 0 Å².